The second kappa shape index (κ2) is 9.96. The summed E-state index contributed by atoms with van der Waals surface area (Å²) in [5.74, 6) is -0.000342. The molecule has 30 heavy (non-hydrogen) atoms. The van der Waals surface area contributed by atoms with E-state index in [0.29, 0.717) is 18.8 Å². The zero-order valence-electron chi connectivity index (χ0n) is 17.8. The molecule has 158 valence electrons. The van der Waals surface area contributed by atoms with Gasteiger partial charge in [-0.1, -0.05) is 24.3 Å². The zero-order chi connectivity index (χ0) is 21.5. The highest BCUT2D eigenvalue weighted by Gasteiger charge is 2.22. The third kappa shape index (κ3) is 5.41. The third-order valence-corrected chi connectivity index (χ3v) is 5.39. The van der Waals surface area contributed by atoms with Gasteiger partial charge in [-0.25, -0.2) is 4.79 Å². The van der Waals surface area contributed by atoms with Gasteiger partial charge in [-0.2, -0.15) is 0 Å². The second-order valence-electron chi connectivity index (χ2n) is 7.30. The van der Waals surface area contributed by atoms with Crippen LogP contribution in [-0.4, -0.2) is 56.7 Å². The van der Waals surface area contributed by atoms with E-state index in [1.807, 2.05) is 24.3 Å². The topological polar surface area (TPSA) is 59.1 Å². The Morgan fingerprint density at radius 1 is 1.03 bits per heavy atom. The summed E-state index contributed by atoms with van der Waals surface area (Å²) in [5.41, 5.74) is 4.57. The Bertz CT molecular complexity index is 931. The summed E-state index contributed by atoms with van der Waals surface area (Å²) < 4.78 is 10.3. The lowest BCUT2D eigenvalue weighted by Crippen LogP contribution is -2.50. The highest BCUT2D eigenvalue weighted by atomic mass is 16.5. The average molecular weight is 408 g/mol. The van der Waals surface area contributed by atoms with Crippen LogP contribution in [0.25, 0.3) is 6.08 Å². The Morgan fingerprint density at radius 2 is 1.77 bits per heavy atom. The molecule has 0 N–H and O–H groups in total. The van der Waals surface area contributed by atoms with Crippen molar-refractivity contribution in [2.24, 2.45) is 0 Å². The lowest BCUT2D eigenvalue weighted by Gasteiger charge is -2.37. The minimum Gasteiger partial charge on any atom is -0.497 e. The Hall–Kier alpha value is -3.28. The van der Waals surface area contributed by atoms with Gasteiger partial charge >= 0.3 is 5.97 Å². The second-order valence-corrected chi connectivity index (χ2v) is 7.30. The van der Waals surface area contributed by atoms with Crippen LogP contribution in [0.5, 0.6) is 5.75 Å². The number of carbonyl (C=O) groups is 2. The molecule has 0 aliphatic carbocycles. The van der Waals surface area contributed by atoms with Crippen molar-refractivity contribution in [2.45, 2.75) is 13.8 Å². The van der Waals surface area contributed by atoms with Crippen molar-refractivity contribution in [3.05, 3.63) is 65.2 Å². The molecule has 6 heteroatoms. The summed E-state index contributed by atoms with van der Waals surface area (Å²) in [6.07, 6.45) is 2.96. The van der Waals surface area contributed by atoms with Gasteiger partial charge < -0.3 is 19.3 Å². The number of esters is 1. The SMILES string of the molecule is COc1cccc(/C=C/C(=O)OCC(=O)N2CCN(c3cccc(C)c3C)CC2)c1. The number of amides is 1. The first kappa shape index (κ1) is 21.4. The number of anilines is 1. The van der Waals surface area contributed by atoms with E-state index in [0.717, 1.165) is 18.7 Å². The molecule has 0 spiro atoms. The Balaban J connectivity index is 1.46. The van der Waals surface area contributed by atoms with Crippen molar-refractivity contribution in [3.8, 4) is 5.75 Å². The molecule has 0 aromatic heterocycles. The van der Waals surface area contributed by atoms with Gasteiger partial charge in [0.05, 0.1) is 7.11 Å². The van der Waals surface area contributed by atoms with Crippen LogP contribution in [0.1, 0.15) is 16.7 Å². The summed E-state index contributed by atoms with van der Waals surface area (Å²) in [5, 5.41) is 0. The Morgan fingerprint density at radius 3 is 2.50 bits per heavy atom. The molecule has 1 aliphatic heterocycles. The van der Waals surface area contributed by atoms with Gasteiger partial charge in [0.25, 0.3) is 5.91 Å². The van der Waals surface area contributed by atoms with Crippen LogP contribution in [0.2, 0.25) is 0 Å². The number of nitrogens with zero attached hydrogens (tertiary/aromatic N) is 2. The first-order valence-electron chi connectivity index (χ1n) is 10.1. The van der Waals surface area contributed by atoms with Crippen LogP contribution < -0.4 is 9.64 Å². The molecule has 1 aliphatic rings. The molecule has 2 aromatic carbocycles. The normalized spacial score (nSPS) is 14.1. The lowest BCUT2D eigenvalue weighted by molar-refractivity contribution is -0.148. The van der Waals surface area contributed by atoms with Crippen LogP contribution in [0.3, 0.4) is 0 Å². The number of aryl methyl sites for hydroxylation is 1. The van der Waals surface area contributed by atoms with Gasteiger partial charge in [0.1, 0.15) is 5.75 Å². The monoisotopic (exact) mass is 408 g/mol. The number of rotatable bonds is 6. The largest absolute Gasteiger partial charge is 0.497 e. The summed E-state index contributed by atoms with van der Waals surface area (Å²) in [4.78, 5) is 28.4. The summed E-state index contributed by atoms with van der Waals surface area (Å²) >= 11 is 0. The molecule has 0 radical (unpaired) electrons. The quantitative estimate of drug-likeness (QED) is 0.543. The van der Waals surface area contributed by atoms with Crippen molar-refractivity contribution in [2.75, 3.05) is 44.8 Å². The first-order chi connectivity index (χ1) is 14.5. The molecule has 6 nitrogen and oxygen atoms in total. The fraction of sp³-hybridized carbons (Fsp3) is 0.333. The number of benzene rings is 2. The lowest BCUT2D eigenvalue weighted by atomic mass is 10.1. The van der Waals surface area contributed by atoms with E-state index in [1.165, 1.54) is 22.9 Å². The van der Waals surface area contributed by atoms with Gasteiger partial charge in [0, 0.05) is 37.9 Å². The predicted molar refractivity (Wildman–Crippen MR) is 118 cm³/mol. The molecule has 2 aromatic rings. The van der Waals surface area contributed by atoms with E-state index in [4.69, 9.17) is 9.47 Å². The molecular weight excluding hydrogens is 380 g/mol. The fourth-order valence-electron chi connectivity index (χ4n) is 3.46. The van der Waals surface area contributed by atoms with Gasteiger partial charge in [-0.15, -0.1) is 0 Å². The first-order valence-corrected chi connectivity index (χ1v) is 10.1. The minimum atomic E-state index is -0.541. The molecule has 3 rings (SSSR count). The summed E-state index contributed by atoms with van der Waals surface area (Å²) in [7, 11) is 1.59. The molecule has 1 heterocycles. The van der Waals surface area contributed by atoms with E-state index in [9.17, 15) is 9.59 Å². The summed E-state index contributed by atoms with van der Waals surface area (Å²) in [6.45, 7) is 6.74. The van der Waals surface area contributed by atoms with Gasteiger partial charge in [-0.3, -0.25) is 4.79 Å². The van der Waals surface area contributed by atoms with E-state index >= 15 is 0 Å². The molecule has 0 unspecified atom stereocenters. The van der Waals surface area contributed by atoms with Crippen molar-refractivity contribution in [1.82, 2.24) is 4.90 Å². The van der Waals surface area contributed by atoms with Crippen LogP contribution in [0, 0.1) is 13.8 Å². The number of hydrogen-bond donors (Lipinski definition) is 0. The fourth-order valence-corrected chi connectivity index (χ4v) is 3.46. The average Bonchev–Trinajstić information content (AvgIpc) is 2.78. The van der Waals surface area contributed by atoms with Gasteiger partial charge in [0.2, 0.25) is 0 Å². The number of hydrogen-bond acceptors (Lipinski definition) is 5. The third-order valence-electron chi connectivity index (χ3n) is 5.39. The summed E-state index contributed by atoms with van der Waals surface area (Å²) in [6, 6.07) is 13.6. The van der Waals surface area contributed by atoms with Crippen LogP contribution in [0.4, 0.5) is 5.69 Å². The predicted octanol–water partition coefficient (Wildman–Crippen LogP) is 3.22. The number of methoxy groups -OCH3 is 1. The molecule has 1 saturated heterocycles. The standard InChI is InChI=1S/C24H28N2O4/c1-18-6-4-9-22(19(18)2)25-12-14-26(15-13-25)23(27)17-30-24(28)11-10-20-7-5-8-21(16-20)29-3/h4-11,16H,12-15,17H2,1-3H3/b11-10+. The number of piperazine rings is 1. The van der Waals surface area contributed by atoms with Gasteiger partial charge in [-0.05, 0) is 54.8 Å². The number of carbonyl (C=O) groups excluding carboxylic acids is 2. The Labute approximate surface area is 177 Å². The molecule has 0 saturated carbocycles. The van der Waals surface area contributed by atoms with Crippen molar-refractivity contribution in [3.63, 3.8) is 0 Å². The highest BCUT2D eigenvalue weighted by molar-refractivity contribution is 5.89. The maximum atomic E-state index is 12.4. The molecule has 1 fully saturated rings. The zero-order valence-corrected chi connectivity index (χ0v) is 17.8. The smallest absolute Gasteiger partial charge is 0.331 e. The molecule has 1 amide bonds. The van der Waals surface area contributed by atoms with E-state index < -0.39 is 5.97 Å². The van der Waals surface area contributed by atoms with Crippen molar-refractivity contribution >= 4 is 23.6 Å². The van der Waals surface area contributed by atoms with Crippen LogP contribution in [0.15, 0.2) is 48.5 Å². The van der Waals surface area contributed by atoms with E-state index in [-0.39, 0.29) is 12.5 Å². The maximum absolute atomic E-state index is 12.4. The molecular formula is C24H28N2O4. The minimum absolute atomic E-state index is 0.168. The van der Waals surface area contributed by atoms with Gasteiger partial charge in [0.15, 0.2) is 6.61 Å². The van der Waals surface area contributed by atoms with E-state index in [2.05, 4.69) is 36.9 Å². The highest BCUT2D eigenvalue weighted by Crippen LogP contribution is 2.23. The Kier molecular flexibility index (Phi) is 7.12. The number of ether oxygens (including phenoxy) is 2. The van der Waals surface area contributed by atoms with Crippen LogP contribution in [-0.2, 0) is 14.3 Å². The van der Waals surface area contributed by atoms with Crippen LogP contribution >= 0.6 is 0 Å². The van der Waals surface area contributed by atoms with E-state index in [1.54, 1.807) is 18.1 Å². The molecule has 0 atom stereocenters. The van der Waals surface area contributed by atoms with Crippen molar-refractivity contribution in [1.29, 1.82) is 0 Å². The maximum Gasteiger partial charge on any atom is 0.331 e. The molecule has 0 bridgehead atoms. The van der Waals surface area contributed by atoms with Crippen molar-refractivity contribution < 1.29 is 19.1 Å².